The third kappa shape index (κ3) is 3.30. The van der Waals surface area contributed by atoms with E-state index in [1.165, 1.54) is 23.5 Å². The number of rotatable bonds is 5. The highest BCUT2D eigenvalue weighted by Crippen LogP contribution is 2.27. The molecule has 25 heavy (non-hydrogen) atoms. The van der Waals surface area contributed by atoms with Crippen molar-refractivity contribution in [2.45, 2.75) is 19.9 Å². The smallest absolute Gasteiger partial charge is 0.288 e. The number of nitrogens with zero attached hydrogens (tertiary/aromatic N) is 2. The molecule has 6 heteroatoms. The second-order valence-corrected chi connectivity index (χ2v) is 6.61. The summed E-state index contributed by atoms with van der Waals surface area (Å²) in [5, 5.41) is 4.11. The van der Waals surface area contributed by atoms with Gasteiger partial charge in [0, 0.05) is 18.5 Å². The highest BCUT2D eigenvalue weighted by atomic mass is 16.3. The molecule has 1 aliphatic rings. The Labute approximate surface area is 145 Å². The number of carbonyl (C=O) groups is 1. The fourth-order valence-electron chi connectivity index (χ4n) is 3.45. The van der Waals surface area contributed by atoms with Crippen molar-refractivity contribution >= 4 is 16.9 Å². The van der Waals surface area contributed by atoms with Gasteiger partial charge in [-0.1, -0.05) is 18.2 Å². The van der Waals surface area contributed by atoms with Crippen molar-refractivity contribution < 1.29 is 13.6 Å². The van der Waals surface area contributed by atoms with Crippen molar-refractivity contribution in [3.8, 4) is 0 Å². The van der Waals surface area contributed by atoms with Crippen molar-refractivity contribution in [2.75, 3.05) is 19.6 Å². The van der Waals surface area contributed by atoms with E-state index in [0.29, 0.717) is 12.5 Å². The van der Waals surface area contributed by atoms with Crippen molar-refractivity contribution in [1.82, 2.24) is 15.2 Å². The van der Waals surface area contributed by atoms with Gasteiger partial charge in [0.05, 0.1) is 12.7 Å². The molecule has 0 saturated carbocycles. The van der Waals surface area contributed by atoms with Gasteiger partial charge in [-0.3, -0.25) is 9.69 Å². The zero-order chi connectivity index (χ0) is 17.2. The summed E-state index contributed by atoms with van der Waals surface area (Å²) in [5.74, 6) is 1.53. The molecule has 130 valence electrons. The lowest BCUT2D eigenvalue weighted by Gasteiger charge is -2.15. The highest BCUT2D eigenvalue weighted by molar-refractivity contribution is 5.90. The first-order valence-electron chi connectivity index (χ1n) is 8.57. The molecular formula is C19H21N3O3. The molecule has 1 saturated heterocycles. The Bertz CT molecular complexity index is 869. The van der Waals surface area contributed by atoms with Crippen LogP contribution in [0, 0.1) is 12.8 Å². The number of aromatic nitrogens is 1. The standard InChI is InChI=1S/C19H21N3O3/c1-13-15-4-2-3-5-16(15)25-18(13)11-22-7-6-14(10-22)8-21-19(23)17-9-20-12-24-17/h2-5,9,12,14H,6-8,10-11H2,1H3,(H,21,23)/t14-/m0/s1. The molecule has 1 fully saturated rings. The molecule has 0 bridgehead atoms. The summed E-state index contributed by atoms with van der Waals surface area (Å²) in [6.07, 6.45) is 3.76. The average molecular weight is 339 g/mol. The summed E-state index contributed by atoms with van der Waals surface area (Å²) < 4.78 is 11.0. The van der Waals surface area contributed by atoms with Gasteiger partial charge < -0.3 is 14.2 Å². The van der Waals surface area contributed by atoms with Gasteiger partial charge in [0.15, 0.2) is 6.39 Å². The van der Waals surface area contributed by atoms with E-state index in [-0.39, 0.29) is 11.7 Å². The predicted octanol–water partition coefficient (Wildman–Crippen LogP) is 2.98. The molecule has 1 aromatic carbocycles. The molecule has 1 aliphatic heterocycles. The lowest BCUT2D eigenvalue weighted by atomic mass is 10.1. The fraction of sp³-hybridized carbons (Fsp3) is 0.368. The van der Waals surface area contributed by atoms with E-state index in [0.717, 1.165) is 37.4 Å². The molecule has 6 nitrogen and oxygen atoms in total. The number of fused-ring (bicyclic) bond motifs is 1. The molecule has 3 heterocycles. The van der Waals surface area contributed by atoms with Crippen LogP contribution in [0.15, 0.2) is 45.7 Å². The normalized spacial score (nSPS) is 18.0. The van der Waals surface area contributed by atoms with Crippen molar-refractivity contribution in [3.63, 3.8) is 0 Å². The minimum atomic E-state index is -0.205. The molecule has 0 radical (unpaired) electrons. The van der Waals surface area contributed by atoms with E-state index in [1.807, 2.05) is 18.2 Å². The van der Waals surface area contributed by atoms with Gasteiger partial charge in [-0.2, -0.15) is 0 Å². The Balaban J connectivity index is 1.33. The fourth-order valence-corrected chi connectivity index (χ4v) is 3.45. The number of amides is 1. The van der Waals surface area contributed by atoms with E-state index < -0.39 is 0 Å². The van der Waals surface area contributed by atoms with Crippen LogP contribution in [0.4, 0.5) is 0 Å². The van der Waals surface area contributed by atoms with Gasteiger partial charge in [-0.15, -0.1) is 0 Å². The van der Waals surface area contributed by atoms with Gasteiger partial charge in [0.2, 0.25) is 5.76 Å². The van der Waals surface area contributed by atoms with Crippen LogP contribution in [0.3, 0.4) is 0 Å². The maximum Gasteiger partial charge on any atom is 0.288 e. The number of hydrogen-bond donors (Lipinski definition) is 1. The van der Waals surface area contributed by atoms with Gasteiger partial charge in [-0.05, 0) is 37.4 Å². The topological polar surface area (TPSA) is 71.5 Å². The number of likely N-dealkylation sites (tertiary alicyclic amines) is 1. The SMILES string of the molecule is Cc1c(CN2CC[C@@H](CNC(=O)c3cnco3)C2)oc2ccccc12. The molecule has 1 amide bonds. The van der Waals surface area contributed by atoms with Crippen LogP contribution >= 0.6 is 0 Å². The minimum Gasteiger partial charge on any atom is -0.459 e. The molecule has 3 aromatic rings. The summed E-state index contributed by atoms with van der Waals surface area (Å²) in [4.78, 5) is 18.1. The molecule has 1 N–H and O–H groups in total. The van der Waals surface area contributed by atoms with E-state index in [1.54, 1.807) is 0 Å². The first-order valence-corrected chi connectivity index (χ1v) is 8.57. The number of nitrogens with one attached hydrogen (secondary N) is 1. The van der Waals surface area contributed by atoms with Crippen LogP contribution in [-0.2, 0) is 6.54 Å². The number of aryl methyl sites for hydroxylation is 1. The Morgan fingerprint density at radius 1 is 1.40 bits per heavy atom. The molecular weight excluding hydrogens is 318 g/mol. The zero-order valence-electron chi connectivity index (χ0n) is 14.2. The van der Waals surface area contributed by atoms with Crippen molar-refractivity contribution in [3.05, 3.63) is 53.9 Å². The highest BCUT2D eigenvalue weighted by Gasteiger charge is 2.25. The largest absolute Gasteiger partial charge is 0.459 e. The summed E-state index contributed by atoms with van der Waals surface area (Å²) in [6, 6.07) is 8.15. The molecule has 4 rings (SSSR count). The van der Waals surface area contributed by atoms with Crippen LogP contribution in [-0.4, -0.2) is 35.4 Å². The van der Waals surface area contributed by atoms with Gasteiger partial charge in [-0.25, -0.2) is 4.98 Å². The number of carbonyl (C=O) groups excluding carboxylic acids is 1. The predicted molar refractivity (Wildman–Crippen MR) is 93.2 cm³/mol. The molecule has 0 unspecified atom stereocenters. The Kier molecular flexibility index (Phi) is 4.28. The van der Waals surface area contributed by atoms with Gasteiger partial charge in [0.1, 0.15) is 11.3 Å². The Morgan fingerprint density at radius 3 is 3.08 bits per heavy atom. The van der Waals surface area contributed by atoms with Gasteiger partial charge >= 0.3 is 0 Å². The first-order chi connectivity index (χ1) is 12.2. The number of para-hydroxylation sites is 1. The van der Waals surface area contributed by atoms with Crippen LogP contribution in [0.2, 0.25) is 0 Å². The van der Waals surface area contributed by atoms with Crippen molar-refractivity contribution in [1.29, 1.82) is 0 Å². The third-order valence-electron chi connectivity index (χ3n) is 4.89. The van der Waals surface area contributed by atoms with Crippen molar-refractivity contribution in [2.24, 2.45) is 5.92 Å². The average Bonchev–Trinajstić information content (AvgIpc) is 3.35. The monoisotopic (exact) mass is 339 g/mol. The van der Waals surface area contributed by atoms with E-state index >= 15 is 0 Å². The quantitative estimate of drug-likeness (QED) is 0.774. The van der Waals surface area contributed by atoms with Crippen LogP contribution in [0.1, 0.15) is 28.3 Å². The van der Waals surface area contributed by atoms with E-state index in [9.17, 15) is 4.79 Å². The van der Waals surface area contributed by atoms with Crippen LogP contribution in [0.25, 0.3) is 11.0 Å². The maximum atomic E-state index is 11.9. The first kappa shape index (κ1) is 15.9. The summed E-state index contributed by atoms with van der Waals surface area (Å²) in [5.41, 5.74) is 2.17. The minimum absolute atomic E-state index is 0.205. The zero-order valence-corrected chi connectivity index (χ0v) is 14.2. The third-order valence-corrected chi connectivity index (χ3v) is 4.89. The number of oxazole rings is 1. The van der Waals surface area contributed by atoms with Crippen LogP contribution < -0.4 is 5.32 Å². The number of benzene rings is 1. The second-order valence-electron chi connectivity index (χ2n) is 6.61. The maximum absolute atomic E-state index is 11.9. The molecule has 0 aliphatic carbocycles. The Hall–Kier alpha value is -2.60. The number of hydrogen-bond acceptors (Lipinski definition) is 5. The lowest BCUT2D eigenvalue weighted by Crippen LogP contribution is -2.30. The summed E-state index contributed by atoms with van der Waals surface area (Å²) >= 11 is 0. The lowest BCUT2D eigenvalue weighted by molar-refractivity contribution is 0.0919. The summed E-state index contributed by atoms with van der Waals surface area (Å²) in [7, 11) is 0. The molecule has 0 spiro atoms. The van der Waals surface area contributed by atoms with E-state index in [4.69, 9.17) is 8.83 Å². The Morgan fingerprint density at radius 2 is 2.28 bits per heavy atom. The van der Waals surface area contributed by atoms with Gasteiger partial charge in [0.25, 0.3) is 5.91 Å². The van der Waals surface area contributed by atoms with Crippen LogP contribution in [0.5, 0.6) is 0 Å². The molecule has 2 aromatic heterocycles. The summed E-state index contributed by atoms with van der Waals surface area (Å²) in [6.45, 7) is 5.54. The second kappa shape index (κ2) is 6.72. The van der Waals surface area contributed by atoms with E-state index in [2.05, 4.69) is 28.2 Å². The number of furan rings is 1. The molecule has 1 atom stereocenters.